The topological polar surface area (TPSA) is 76.1 Å². The first-order valence-corrected chi connectivity index (χ1v) is 10.9. The first-order valence-electron chi connectivity index (χ1n) is 10.0. The number of aliphatic hydroxyl groups is 1. The summed E-state index contributed by atoms with van der Waals surface area (Å²) in [7, 11) is 1.59. The number of aliphatic hydroxyl groups excluding tert-OH is 1. The summed E-state index contributed by atoms with van der Waals surface area (Å²) in [5, 5.41) is 13.1. The van der Waals surface area contributed by atoms with Crippen LogP contribution in [0.5, 0.6) is 5.75 Å². The third kappa shape index (κ3) is 3.52. The Kier molecular flexibility index (Phi) is 5.66. The van der Waals surface area contributed by atoms with E-state index in [4.69, 9.17) is 9.47 Å². The number of carbonyl (C=O) groups excluding carboxylic acids is 2. The highest BCUT2D eigenvalue weighted by atomic mass is 32.1. The number of amides is 1. The summed E-state index contributed by atoms with van der Waals surface area (Å²) in [6, 6.07) is 6.78. The van der Waals surface area contributed by atoms with Gasteiger partial charge in [0.2, 0.25) is 0 Å². The number of hydrogen-bond donors (Lipinski definition) is 1. The van der Waals surface area contributed by atoms with Gasteiger partial charge in [-0.05, 0) is 61.4 Å². The van der Waals surface area contributed by atoms with Crippen LogP contribution >= 0.6 is 11.3 Å². The number of ketones is 1. The average Bonchev–Trinajstić information content (AvgIpc) is 3.48. The van der Waals surface area contributed by atoms with Gasteiger partial charge in [0.25, 0.3) is 11.7 Å². The summed E-state index contributed by atoms with van der Waals surface area (Å²) in [5.41, 5.74) is 2.27. The number of rotatable bonds is 5. The lowest BCUT2D eigenvalue weighted by molar-refractivity contribution is -0.140. The molecule has 2 fully saturated rings. The second-order valence-electron chi connectivity index (χ2n) is 7.74. The van der Waals surface area contributed by atoms with Crippen LogP contribution in [-0.4, -0.2) is 48.1 Å². The van der Waals surface area contributed by atoms with Crippen molar-refractivity contribution in [1.29, 1.82) is 0 Å². The van der Waals surface area contributed by atoms with Crippen molar-refractivity contribution < 1.29 is 24.2 Å². The number of methoxy groups -OCH3 is 1. The minimum Gasteiger partial charge on any atom is -0.507 e. The lowest BCUT2D eigenvalue weighted by Gasteiger charge is -2.26. The van der Waals surface area contributed by atoms with Crippen molar-refractivity contribution >= 4 is 28.8 Å². The highest BCUT2D eigenvalue weighted by molar-refractivity contribution is 7.10. The summed E-state index contributed by atoms with van der Waals surface area (Å²) in [6.07, 6.45) is 1.72. The minimum atomic E-state index is -0.656. The van der Waals surface area contributed by atoms with Crippen molar-refractivity contribution in [2.75, 3.05) is 20.3 Å². The molecule has 6 nitrogen and oxygen atoms in total. The van der Waals surface area contributed by atoms with Crippen LogP contribution in [0.15, 0.2) is 35.2 Å². The van der Waals surface area contributed by atoms with E-state index in [1.54, 1.807) is 18.1 Å². The summed E-state index contributed by atoms with van der Waals surface area (Å²) in [5.74, 6) is -0.687. The van der Waals surface area contributed by atoms with Crippen molar-refractivity contribution in [2.45, 2.75) is 38.8 Å². The van der Waals surface area contributed by atoms with E-state index in [1.165, 1.54) is 11.3 Å². The Morgan fingerprint density at radius 2 is 2.10 bits per heavy atom. The van der Waals surface area contributed by atoms with Crippen LogP contribution in [-0.2, 0) is 14.3 Å². The molecule has 0 saturated carbocycles. The maximum Gasteiger partial charge on any atom is 0.295 e. The van der Waals surface area contributed by atoms with E-state index in [2.05, 4.69) is 0 Å². The maximum absolute atomic E-state index is 13.1. The first-order chi connectivity index (χ1) is 14.4. The third-order valence-corrected chi connectivity index (χ3v) is 6.70. The molecule has 0 radical (unpaired) electrons. The summed E-state index contributed by atoms with van der Waals surface area (Å²) in [6.45, 7) is 4.73. The zero-order valence-corrected chi connectivity index (χ0v) is 18.1. The SMILES string of the molecule is COc1cc(C)c(/C(O)=C2/C(=O)C(=O)N(CC3CCCO3)C2c2cccs2)cc1C. The van der Waals surface area contributed by atoms with Gasteiger partial charge in [0.05, 0.1) is 24.8 Å². The fraction of sp³-hybridized carbons (Fsp3) is 0.391. The number of hydrogen-bond acceptors (Lipinski definition) is 6. The van der Waals surface area contributed by atoms with Crippen LogP contribution in [0.25, 0.3) is 5.76 Å². The maximum atomic E-state index is 13.1. The third-order valence-electron chi connectivity index (χ3n) is 5.77. The van der Waals surface area contributed by atoms with E-state index >= 15 is 0 Å². The van der Waals surface area contributed by atoms with Crippen molar-refractivity contribution in [1.82, 2.24) is 4.90 Å². The lowest BCUT2D eigenvalue weighted by atomic mass is 9.96. The Balaban J connectivity index is 1.83. The highest BCUT2D eigenvalue weighted by Gasteiger charge is 2.47. The van der Waals surface area contributed by atoms with Crippen LogP contribution in [0.4, 0.5) is 0 Å². The normalized spacial score (nSPS) is 23.4. The Bertz CT molecular complexity index is 1000. The number of Topliss-reactive ketones (excluding diaryl/α,β-unsaturated/α-hetero) is 1. The summed E-state index contributed by atoms with van der Waals surface area (Å²) in [4.78, 5) is 28.4. The molecular weight excluding hydrogens is 402 g/mol. The second-order valence-corrected chi connectivity index (χ2v) is 8.72. The van der Waals surface area contributed by atoms with E-state index in [-0.39, 0.29) is 17.4 Å². The number of thiophene rings is 1. The fourth-order valence-electron chi connectivity index (χ4n) is 4.23. The molecule has 4 rings (SSSR count). The molecule has 2 aliphatic rings. The van der Waals surface area contributed by atoms with Gasteiger partial charge in [0.1, 0.15) is 11.5 Å². The van der Waals surface area contributed by atoms with Crippen LogP contribution in [0.3, 0.4) is 0 Å². The van der Waals surface area contributed by atoms with E-state index in [0.717, 1.165) is 28.8 Å². The van der Waals surface area contributed by atoms with Gasteiger partial charge in [-0.1, -0.05) is 6.07 Å². The van der Waals surface area contributed by atoms with Crippen LogP contribution in [0.1, 0.15) is 40.5 Å². The number of benzene rings is 1. The molecule has 0 spiro atoms. The van der Waals surface area contributed by atoms with Crippen molar-refractivity contribution in [3.63, 3.8) is 0 Å². The quantitative estimate of drug-likeness (QED) is 0.444. The zero-order chi connectivity index (χ0) is 21.4. The number of likely N-dealkylation sites (tertiary alicyclic amines) is 1. The second kappa shape index (κ2) is 8.24. The van der Waals surface area contributed by atoms with Gasteiger partial charge in [-0.25, -0.2) is 0 Å². The monoisotopic (exact) mass is 427 g/mol. The predicted octanol–water partition coefficient (Wildman–Crippen LogP) is 3.97. The van der Waals surface area contributed by atoms with Crippen LogP contribution < -0.4 is 4.74 Å². The van der Waals surface area contributed by atoms with Crippen LogP contribution in [0.2, 0.25) is 0 Å². The van der Waals surface area contributed by atoms with Crippen molar-refractivity contribution in [2.24, 2.45) is 0 Å². The van der Waals surface area contributed by atoms with Crippen molar-refractivity contribution in [3.05, 3.63) is 56.8 Å². The van der Waals surface area contributed by atoms with E-state index in [0.29, 0.717) is 24.5 Å². The Morgan fingerprint density at radius 3 is 2.73 bits per heavy atom. The average molecular weight is 428 g/mol. The number of carbonyl (C=O) groups is 2. The lowest BCUT2D eigenvalue weighted by Crippen LogP contribution is -2.36. The molecule has 30 heavy (non-hydrogen) atoms. The smallest absolute Gasteiger partial charge is 0.295 e. The largest absolute Gasteiger partial charge is 0.507 e. The van der Waals surface area contributed by atoms with E-state index in [1.807, 2.05) is 37.4 Å². The van der Waals surface area contributed by atoms with Gasteiger partial charge in [-0.2, -0.15) is 0 Å². The van der Waals surface area contributed by atoms with Gasteiger partial charge >= 0.3 is 0 Å². The molecule has 2 unspecified atom stereocenters. The minimum absolute atomic E-state index is 0.0873. The fourth-order valence-corrected chi connectivity index (χ4v) is 5.07. The molecule has 158 valence electrons. The molecule has 7 heteroatoms. The zero-order valence-electron chi connectivity index (χ0n) is 17.3. The summed E-state index contributed by atoms with van der Waals surface area (Å²) < 4.78 is 11.1. The molecule has 1 N–H and O–H groups in total. The van der Waals surface area contributed by atoms with Crippen LogP contribution in [0, 0.1) is 13.8 Å². The van der Waals surface area contributed by atoms with Gasteiger partial charge in [-0.15, -0.1) is 11.3 Å². The highest BCUT2D eigenvalue weighted by Crippen LogP contribution is 2.42. The molecule has 1 amide bonds. The molecule has 2 aliphatic heterocycles. The number of ether oxygens (including phenoxy) is 2. The standard InChI is InChI=1S/C23H25NO5S/c1-13-11-17(28-3)14(2)10-16(13)21(25)19-20(18-7-5-9-30-18)24(23(27)22(19)26)12-15-6-4-8-29-15/h5,7,9-11,15,20,25H,4,6,8,12H2,1-3H3/b21-19-. The van der Waals surface area contributed by atoms with E-state index in [9.17, 15) is 14.7 Å². The molecule has 0 aliphatic carbocycles. The Labute approximate surface area is 179 Å². The van der Waals surface area contributed by atoms with Gasteiger partial charge in [-0.3, -0.25) is 9.59 Å². The molecule has 1 aromatic heterocycles. The summed E-state index contributed by atoms with van der Waals surface area (Å²) >= 11 is 1.46. The first kappa shape index (κ1) is 20.6. The van der Waals surface area contributed by atoms with E-state index < -0.39 is 17.7 Å². The Hall–Kier alpha value is -2.64. The molecule has 1 aromatic carbocycles. The van der Waals surface area contributed by atoms with Gasteiger partial charge in [0, 0.05) is 23.6 Å². The number of aryl methyl sites for hydroxylation is 2. The van der Waals surface area contributed by atoms with Gasteiger partial charge in [0.15, 0.2) is 0 Å². The molecular formula is C23H25NO5S. The van der Waals surface area contributed by atoms with Crippen molar-refractivity contribution in [3.8, 4) is 5.75 Å². The molecule has 0 bridgehead atoms. The molecule has 2 saturated heterocycles. The Morgan fingerprint density at radius 1 is 1.30 bits per heavy atom. The number of nitrogens with zero attached hydrogens (tertiary/aromatic N) is 1. The molecule has 2 aromatic rings. The van der Waals surface area contributed by atoms with Gasteiger partial charge < -0.3 is 19.5 Å². The predicted molar refractivity (Wildman–Crippen MR) is 115 cm³/mol. The molecule has 2 atom stereocenters. The molecule has 3 heterocycles.